The van der Waals surface area contributed by atoms with Crippen molar-refractivity contribution in [3.63, 3.8) is 0 Å². The molecule has 1 aromatic heterocycles. The maximum atomic E-state index is 11.4. The molecule has 1 heterocycles. The zero-order valence-electron chi connectivity index (χ0n) is 9.18. The Morgan fingerprint density at radius 1 is 1.29 bits per heavy atom. The lowest BCUT2D eigenvalue weighted by Crippen LogP contribution is -1.98. The number of carbonyl (C=O) groups is 1. The summed E-state index contributed by atoms with van der Waals surface area (Å²) in [5, 5.41) is 0.572. The maximum Gasteiger partial charge on any atom is 0.230 e. The number of carbonyl (C=O) groups excluding carboxylic acids is 1. The van der Waals surface area contributed by atoms with Crippen LogP contribution in [0.1, 0.15) is 17.3 Å². The minimum Gasteiger partial charge on any atom is -0.438 e. The van der Waals surface area contributed by atoms with Crippen LogP contribution in [0.2, 0.25) is 5.02 Å². The standard InChI is InChI=1S/C13H10ClNO2/c1-9(16)12-6-3-7-15-13(12)17-11-5-2-4-10(14)8-11/h2-8H,1H3. The molecule has 86 valence electrons. The number of ketones is 1. The van der Waals surface area contributed by atoms with Crippen LogP contribution in [0.3, 0.4) is 0 Å². The monoisotopic (exact) mass is 247 g/mol. The highest BCUT2D eigenvalue weighted by Gasteiger charge is 2.09. The van der Waals surface area contributed by atoms with Crippen molar-refractivity contribution in [3.05, 3.63) is 53.2 Å². The highest BCUT2D eigenvalue weighted by Crippen LogP contribution is 2.25. The second-order valence-corrected chi connectivity index (χ2v) is 3.91. The molecule has 0 saturated carbocycles. The Balaban J connectivity index is 2.33. The van der Waals surface area contributed by atoms with E-state index < -0.39 is 0 Å². The molecule has 3 nitrogen and oxygen atoms in total. The van der Waals surface area contributed by atoms with E-state index >= 15 is 0 Å². The molecule has 0 atom stereocenters. The normalized spacial score (nSPS) is 10.0. The molecule has 0 radical (unpaired) electrons. The summed E-state index contributed by atoms with van der Waals surface area (Å²) in [7, 11) is 0. The first-order valence-corrected chi connectivity index (χ1v) is 5.44. The molecule has 4 heteroatoms. The quantitative estimate of drug-likeness (QED) is 0.776. The van der Waals surface area contributed by atoms with Gasteiger partial charge in [-0.3, -0.25) is 4.79 Å². The summed E-state index contributed by atoms with van der Waals surface area (Å²) in [6.45, 7) is 1.47. The Morgan fingerprint density at radius 2 is 2.12 bits per heavy atom. The first kappa shape index (κ1) is 11.6. The molecule has 0 N–H and O–H groups in total. The van der Waals surface area contributed by atoms with Crippen LogP contribution < -0.4 is 4.74 Å². The third-order valence-electron chi connectivity index (χ3n) is 2.16. The number of Topliss-reactive ketones (excluding diaryl/α,β-unsaturated/α-hetero) is 1. The lowest BCUT2D eigenvalue weighted by atomic mass is 10.2. The predicted molar refractivity (Wildman–Crippen MR) is 65.8 cm³/mol. The van der Waals surface area contributed by atoms with Crippen molar-refractivity contribution in [2.75, 3.05) is 0 Å². The van der Waals surface area contributed by atoms with Gasteiger partial charge in [0, 0.05) is 11.2 Å². The Hall–Kier alpha value is -1.87. The minimum atomic E-state index is -0.0878. The van der Waals surface area contributed by atoms with Crippen LogP contribution in [0.15, 0.2) is 42.6 Å². The number of pyridine rings is 1. The second-order valence-electron chi connectivity index (χ2n) is 3.47. The van der Waals surface area contributed by atoms with Crippen LogP contribution in [0.4, 0.5) is 0 Å². The van der Waals surface area contributed by atoms with E-state index in [0.29, 0.717) is 22.2 Å². The molecule has 0 aliphatic carbocycles. The first-order chi connectivity index (χ1) is 8.16. The van der Waals surface area contributed by atoms with Crippen LogP contribution in [-0.2, 0) is 0 Å². The highest BCUT2D eigenvalue weighted by atomic mass is 35.5. The minimum absolute atomic E-state index is 0.0878. The van der Waals surface area contributed by atoms with Gasteiger partial charge in [-0.15, -0.1) is 0 Å². The number of rotatable bonds is 3. The Morgan fingerprint density at radius 3 is 2.82 bits per heavy atom. The molecule has 1 aromatic carbocycles. The molecule has 2 rings (SSSR count). The summed E-state index contributed by atoms with van der Waals surface area (Å²) < 4.78 is 5.54. The average Bonchev–Trinajstić information content (AvgIpc) is 2.29. The van der Waals surface area contributed by atoms with Gasteiger partial charge in [-0.1, -0.05) is 17.7 Å². The summed E-state index contributed by atoms with van der Waals surface area (Å²) in [5.74, 6) is 0.760. The number of ether oxygens (including phenoxy) is 1. The van der Waals surface area contributed by atoms with Crippen LogP contribution in [0.5, 0.6) is 11.6 Å². The SMILES string of the molecule is CC(=O)c1cccnc1Oc1cccc(Cl)c1. The van der Waals surface area contributed by atoms with Crippen molar-refractivity contribution in [3.8, 4) is 11.6 Å². The molecule has 0 amide bonds. The molecule has 0 saturated heterocycles. The van der Waals surface area contributed by atoms with E-state index in [1.165, 1.54) is 6.92 Å². The molecule has 2 aromatic rings. The van der Waals surface area contributed by atoms with Crippen molar-refractivity contribution in [2.45, 2.75) is 6.92 Å². The largest absolute Gasteiger partial charge is 0.438 e. The van der Waals surface area contributed by atoms with E-state index in [1.807, 2.05) is 0 Å². The van der Waals surface area contributed by atoms with Crippen molar-refractivity contribution in [1.29, 1.82) is 0 Å². The number of aromatic nitrogens is 1. The lowest BCUT2D eigenvalue weighted by molar-refractivity contribution is 0.101. The van der Waals surface area contributed by atoms with E-state index in [1.54, 1.807) is 42.6 Å². The zero-order chi connectivity index (χ0) is 12.3. The summed E-state index contributed by atoms with van der Waals surface area (Å²) >= 11 is 5.85. The van der Waals surface area contributed by atoms with E-state index in [0.717, 1.165) is 0 Å². The Kier molecular flexibility index (Phi) is 3.40. The van der Waals surface area contributed by atoms with Crippen molar-refractivity contribution < 1.29 is 9.53 Å². The third kappa shape index (κ3) is 2.82. The van der Waals surface area contributed by atoms with Gasteiger partial charge in [0.25, 0.3) is 0 Å². The van der Waals surface area contributed by atoms with Crippen LogP contribution in [0.25, 0.3) is 0 Å². The first-order valence-electron chi connectivity index (χ1n) is 5.06. The number of benzene rings is 1. The Labute approximate surface area is 104 Å². The van der Waals surface area contributed by atoms with Gasteiger partial charge in [0.1, 0.15) is 5.75 Å². The smallest absolute Gasteiger partial charge is 0.230 e. The van der Waals surface area contributed by atoms with Crippen LogP contribution in [0, 0.1) is 0 Å². The zero-order valence-corrected chi connectivity index (χ0v) is 9.94. The fraction of sp³-hybridized carbons (Fsp3) is 0.0769. The van der Waals surface area contributed by atoms with Crippen molar-refractivity contribution in [1.82, 2.24) is 4.98 Å². The summed E-state index contributed by atoms with van der Waals surface area (Å²) in [6, 6.07) is 10.3. The summed E-state index contributed by atoms with van der Waals surface area (Å²) in [4.78, 5) is 15.4. The maximum absolute atomic E-state index is 11.4. The average molecular weight is 248 g/mol. The molecule has 0 aliphatic rings. The molecule has 17 heavy (non-hydrogen) atoms. The third-order valence-corrected chi connectivity index (χ3v) is 2.40. The molecule has 0 aliphatic heterocycles. The molecule has 0 spiro atoms. The number of hydrogen-bond acceptors (Lipinski definition) is 3. The molecule has 0 bridgehead atoms. The highest BCUT2D eigenvalue weighted by molar-refractivity contribution is 6.30. The number of hydrogen-bond donors (Lipinski definition) is 0. The van der Waals surface area contributed by atoms with Crippen molar-refractivity contribution in [2.24, 2.45) is 0 Å². The van der Waals surface area contributed by atoms with Gasteiger partial charge in [-0.2, -0.15) is 0 Å². The molecule has 0 unspecified atom stereocenters. The summed E-state index contributed by atoms with van der Waals surface area (Å²) in [6.07, 6.45) is 1.58. The topological polar surface area (TPSA) is 39.2 Å². The van der Waals surface area contributed by atoms with E-state index in [4.69, 9.17) is 16.3 Å². The van der Waals surface area contributed by atoms with Gasteiger partial charge in [0.15, 0.2) is 5.78 Å². The fourth-order valence-corrected chi connectivity index (χ4v) is 1.56. The van der Waals surface area contributed by atoms with E-state index in [-0.39, 0.29) is 5.78 Å². The number of nitrogens with zero attached hydrogens (tertiary/aromatic N) is 1. The predicted octanol–water partition coefficient (Wildman–Crippen LogP) is 3.73. The van der Waals surface area contributed by atoms with E-state index in [2.05, 4.69) is 4.98 Å². The van der Waals surface area contributed by atoms with Crippen molar-refractivity contribution >= 4 is 17.4 Å². The lowest BCUT2D eigenvalue weighted by Gasteiger charge is -2.07. The van der Waals surface area contributed by atoms with Crippen LogP contribution in [-0.4, -0.2) is 10.8 Å². The van der Waals surface area contributed by atoms with Gasteiger partial charge in [-0.25, -0.2) is 4.98 Å². The number of halogens is 1. The fourth-order valence-electron chi connectivity index (χ4n) is 1.38. The van der Waals surface area contributed by atoms with Gasteiger partial charge >= 0.3 is 0 Å². The van der Waals surface area contributed by atoms with Gasteiger partial charge < -0.3 is 4.74 Å². The Bertz CT molecular complexity index is 555. The van der Waals surface area contributed by atoms with Gasteiger partial charge in [0.2, 0.25) is 5.88 Å². The van der Waals surface area contributed by atoms with Gasteiger partial charge in [0.05, 0.1) is 5.56 Å². The second kappa shape index (κ2) is 4.97. The molecular formula is C13H10ClNO2. The molecular weight excluding hydrogens is 238 g/mol. The summed E-state index contributed by atoms with van der Waals surface area (Å²) in [5.41, 5.74) is 0.451. The van der Waals surface area contributed by atoms with Crippen LogP contribution >= 0.6 is 11.6 Å². The van der Waals surface area contributed by atoms with Gasteiger partial charge in [-0.05, 0) is 37.3 Å². The molecule has 0 fully saturated rings. The van der Waals surface area contributed by atoms with E-state index in [9.17, 15) is 4.79 Å².